The van der Waals surface area contributed by atoms with Crippen molar-refractivity contribution in [3.63, 3.8) is 0 Å². The molecule has 7 heteroatoms. The van der Waals surface area contributed by atoms with Crippen LogP contribution in [0.3, 0.4) is 0 Å². The van der Waals surface area contributed by atoms with Gasteiger partial charge in [-0.2, -0.15) is 0 Å². The van der Waals surface area contributed by atoms with Gasteiger partial charge in [0.15, 0.2) is 0 Å². The number of carbonyl (C=O) groups excluding carboxylic acids is 1. The molecule has 19 heavy (non-hydrogen) atoms. The molecular weight excluding hydrogens is 311 g/mol. The number of hydrogen-bond acceptors (Lipinski definition) is 3. The highest BCUT2D eigenvalue weighted by Crippen LogP contribution is 2.34. The zero-order valence-corrected chi connectivity index (χ0v) is 11.6. The van der Waals surface area contributed by atoms with Crippen molar-refractivity contribution in [2.24, 2.45) is 0 Å². The number of nitrogens with one attached hydrogen (secondary N) is 1. The second-order valence-corrected chi connectivity index (χ2v) is 4.84. The third-order valence-corrected chi connectivity index (χ3v) is 3.10. The number of pyridine rings is 1. The van der Waals surface area contributed by atoms with E-state index < -0.39 is 5.91 Å². The molecule has 2 N–H and O–H groups in total. The molecule has 0 unspecified atom stereocenters. The molecule has 2 rings (SSSR count). The van der Waals surface area contributed by atoms with Crippen molar-refractivity contribution in [3.05, 3.63) is 51.2 Å². The number of nitrogens with zero attached hydrogens (tertiary/aromatic N) is 1. The van der Waals surface area contributed by atoms with Gasteiger partial charge >= 0.3 is 0 Å². The molecule has 2 aromatic rings. The molecular formula is C12H7Cl3N2O2. The SMILES string of the molecule is O=C(Nc1c(Cl)cc(Cl)cc1Cl)c1ccncc1O. The third-order valence-electron chi connectivity index (χ3n) is 2.29. The number of hydrogen-bond donors (Lipinski definition) is 2. The van der Waals surface area contributed by atoms with Crippen molar-refractivity contribution in [1.29, 1.82) is 0 Å². The van der Waals surface area contributed by atoms with Gasteiger partial charge in [0.2, 0.25) is 0 Å². The third kappa shape index (κ3) is 3.10. The fourth-order valence-electron chi connectivity index (χ4n) is 1.42. The van der Waals surface area contributed by atoms with Crippen LogP contribution >= 0.6 is 34.8 Å². The fourth-order valence-corrected chi connectivity index (χ4v) is 2.33. The van der Waals surface area contributed by atoms with Crippen LogP contribution in [-0.2, 0) is 0 Å². The standard InChI is InChI=1S/C12H7Cl3N2O2/c13-6-3-8(14)11(9(15)4-6)17-12(19)7-1-2-16-5-10(7)18/h1-5,18H,(H,17,19). The summed E-state index contributed by atoms with van der Waals surface area (Å²) in [6.07, 6.45) is 2.56. The number of halogens is 3. The van der Waals surface area contributed by atoms with Crippen LogP contribution in [0.4, 0.5) is 5.69 Å². The van der Waals surface area contributed by atoms with Crippen LogP contribution in [0.1, 0.15) is 10.4 Å². The van der Waals surface area contributed by atoms with Crippen LogP contribution in [0, 0.1) is 0 Å². The summed E-state index contributed by atoms with van der Waals surface area (Å²) in [5, 5.41) is 12.8. The van der Waals surface area contributed by atoms with Crippen LogP contribution in [0.15, 0.2) is 30.6 Å². The first kappa shape index (κ1) is 13.9. The Kier molecular flexibility index (Phi) is 4.14. The first-order valence-electron chi connectivity index (χ1n) is 5.08. The molecule has 98 valence electrons. The van der Waals surface area contributed by atoms with Gasteiger partial charge in [-0.05, 0) is 18.2 Å². The number of carbonyl (C=O) groups is 1. The number of anilines is 1. The molecule has 0 spiro atoms. The average Bonchev–Trinajstić information content (AvgIpc) is 2.34. The normalized spacial score (nSPS) is 10.3. The molecule has 0 fully saturated rings. The maximum Gasteiger partial charge on any atom is 0.259 e. The second-order valence-electron chi connectivity index (χ2n) is 3.59. The molecule has 1 heterocycles. The summed E-state index contributed by atoms with van der Waals surface area (Å²) < 4.78 is 0. The molecule has 0 saturated heterocycles. The van der Waals surface area contributed by atoms with Crippen LogP contribution in [-0.4, -0.2) is 16.0 Å². The van der Waals surface area contributed by atoms with Gasteiger partial charge in [0, 0.05) is 11.2 Å². The van der Waals surface area contributed by atoms with E-state index in [1.54, 1.807) is 0 Å². The fraction of sp³-hybridized carbons (Fsp3) is 0. The van der Waals surface area contributed by atoms with Crippen molar-refractivity contribution < 1.29 is 9.90 Å². The molecule has 0 bridgehead atoms. The topological polar surface area (TPSA) is 62.2 Å². The molecule has 1 aromatic heterocycles. The Hall–Kier alpha value is -1.49. The number of amides is 1. The van der Waals surface area contributed by atoms with Crippen LogP contribution in [0.25, 0.3) is 0 Å². The molecule has 0 aliphatic carbocycles. The Bertz CT molecular complexity index is 624. The van der Waals surface area contributed by atoms with Gasteiger partial charge in [-0.3, -0.25) is 9.78 Å². The number of rotatable bonds is 2. The van der Waals surface area contributed by atoms with Crippen molar-refractivity contribution in [2.75, 3.05) is 5.32 Å². The summed E-state index contributed by atoms with van der Waals surface area (Å²) in [4.78, 5) is 15.7. The van der Waals surface area contributed by atoms with Gasteiger partial charge in [-0.15, -0.1) is 0 Å². The van der Waals surface area contributed by atoms with Gasteiger partial charge in [-0.25, -0.2) is 0 Å². The highest BCUT2D eigenvalue weighted by atomic mass is 35.5. The first-order valence-corrected chi connectivity index (χ1v) is 6.21. The van der Waals surface area contributed by atoms with Crippen molar-refractivity contribution in [2.45, 2.75) is 0 Å². The molecule has 0 atom stereocenters. The lowest BCUT2D eigenvalue weighted by atomic mass is 10.2. The Morgan fingerprint density at radius 3 is 2.42 bits per heavy atom. The number of aromatic nitrogens is 1. The molecule has 1 aromatic carbocycles. The number of aromatic hydroxyl groups is 1. The Morgan fingerprint density at radius 1 is 1.21 bits per heavy atom. The second kappa shape index (κ2) is 5.65. The van der Waals surface area contributed by atoms with E-state index in [2.05, 4.69) is 10.3 Å². The summed E-state index contributed by atoms with van der Waals surface area (Å²) in [6, 6.07) is 4.29. The van der Waals surface area contributed by atoms with E-state index >= 15 is 0 Å². The molecule has 0 radical (unpaired) electrons. The van der Waals surface area contributed by atoms with Crippen molar-refractivity contribution in [1.82, 2.24) is 4.98 Å². The van der Waals surface area contributed by atoms with E-state index in [1.165, 1.54) is 30.6 Å². The van der Waals surface area contributed by atoms with E-state index in [0.717, 1.165) is 0 Å². The highest BCUT2D eigenvalue weighted by Gasteiger charge is 2.15. The molecule has 0 aliphatic heterocycles. The van der Waals surface area contributed by atoms with Crippen molar-refractivity contribution >= 4 is 46.4 Å². The summed E-state index contributed by atoms with van der Waals surface area (Å²) in [5.41, 5.74) is 0.297. The van der Waals surface area contributed by atoms with E-state index in [-0.39, 0.29) is 27.0 Å². The number of benzene rings is 1. The zero-order chi connectivity index (χ0) is 14.0. The minimum absolute atomic E-state index is 0.0667. The lowest BCUT2D eigenvalue weighted by Gasteiger charge is -2.10. The summed E-state index contributed by atoms with van der Waals surface area (Å²) in [7, 11) is 0. The smallest absolute Gasteiger partial charge is 0.259 e. The maximum absolute atomic E-state index is 12.0. The van der Waals surface area contributed by atoms with E-state index in [9.17, 15) is 9.90 Å². The van der Waals surface area contributed by atoms with Gasteiger partial charge in [0.05, 0.1) is 27.5 Å². The van der Waals surface area contributed by atoms with Crippen LogP contribution in [0.2, 0.25) is 15.1 Å². The van der Waals surface area contributed by atoms with Gasteiger partial charge in [0.25, 0.3) is 5.91 Å². The summed E-state index contributed by atoms with van der Waals surface area (Å²) in [5.74, 6) is -0.785. The Morgan fingerprint density at radius 2 is 1.84 bits per heavy atom. The molecule has 0 aliphatic rings. The predicted octanol–water partition coefficient (Wildman–Crippen LogP) is 4.00. The Balaban J connectivity index is 2.32. The Labute approximate surface area is 123 Å². The predicted molar refractivity (Wildman–Crippen MR) is 75.3 cm³/mol. The van der Waals surface area contributed by atoms with Gasteiger partial charge < -0.3 is 10.4 Å². The average molecular weight is 318 g/mol. The minimum Gasteiger partial charge on any atom is -0.505 e. The quantitative estimate of drug-likeness (QED) is 0.880. The lowest BCUT2D eigenvalue weighted by Crippen LogP contribution is -2.13. The van der Waals surface area contributed by atoms with E-state index in [0.29, 0.717) is 5.02 Å². The van der Waals surface area contributed by atoms with E-state index in [1.807, 2.05) is 0 Å². The summed E-state index contributed by atoms with van der Waals surface area (Å²) >= 11 is 17.7. The lowest BCUT2D eigenvalue weighted by molar-refractivity contribution is 0.102. The summed E-state index contributed by atoms with van der Waals surface area (Å²) in [6.45, 7) is 0. The van der Waals surface area contributed by atoms with Gasteiger partial charge in [0.1, 0.15) is 5.75 Å². The van der Waals surface area contributed by atoms with Gasteiger partial charge in [-0.1, -0.05) is 34.8 Å². The maximum atomic E-state index is 12.0. The first-order chi connectivity index (χ1) is 8.99. The largest absolute Gasteiger partial charge is 0.505 e. The van der Waals surface area contributed by atoms with Crippen molar-refractivity contribution in [3.8, 4) is 5.75 Å². The van der Waals surface area contributed by atoms with Crippen LogP contribution in [0.5, 0.6) is 5.75 Å². The zero-order valence-electron chi connectivity index (χ0n) is 9.32. The molecule has 1 amide bonds. The molecule has 4 nitrogen and oxygen atoms in total. The molecule has 0 saturated carbocycles. The highest BCUT2D eigenvalue weighted by molar-refractivity contribution is 6.42. The minimum atomic E-state index is -0.550. The van der Waals surface area contributed by atoms with E-state index in [4.69, 9.17) is 34.8 Å². The van der Waals surface area contributed by atoms with Crippen LogP contribution < -0.4 is 5.32 Å². The monoisotopic (exact) mass is 316 g/mol.